The third kappa shape index (κ3) is 5.56. The van der Waals surface area contributed by atoms with Gasteiger partial charge in [-0.05, 0) is 42.7 Å². The Hall–Kier alpha value is -2.60. The van der Waals surface area contributed by atoms with E-state index < -0.39 is 0 Å². The Morgan fingerprint density at radius 2 is 1.77 bits per heavy atom. The fourth-order valence-electron chi connectivity index (χ4n) is 4.57. The molecule has 1 aliphatic rings. The molecule has 0 aliphatic carbocycles. The van der Waals surface area contributed by atoms with Crippen molar-refractivity contribution in [2.24, 2.45) is 5.92 Å². The first-order chi connectivity index (χ1) is 14.8. The predicted octanol–water partition coefficient (Wildman–Crippen LogP) is 3.08. The number of amides is 1. The van der Waals surface area contributed by atoms with E-state index in [1.807, 2.05) is 32.0 Å². The number of nitrogens with one attached hydrogen (secondary N) is 2. The first-order valence-electron chi connectivity index (χ1n) is 11.0. The van der Waals surface area contributed by atoms with Crippen molar-refractivity contribution in [2.75, 3.05) is 20.8 Å². The molecule has 168 valence electrons. The summed E-state index contributed by atoms with van der Waals surface area (Å²) in [7, 11) is 3.28. The van der Waals surface area contributed by atoms with E-state index in [1.165, 1.54) is 28.2 Å². The van der Waals surface area contributed by atoms with Crippen LogP contribution in [0.2, 0.25) is 0 Å². The van der Waals surface area contributed by atoms with Crippen LogP contribution >= 0.6 is 0 Å². The van der Waals surface area contributed by atoms with E-state index in [4.69, 9.17) is 9.47 Å². The van der Waals surface area contributed by atoms with Crippen LogP contribution in [0, 0.1) is 11.7 Å². The number of fused-ring (bicyclic) bond motifs is 1. The fraction of sp³-hybridized carbons (Fsp3) is 0.480. The average molecular weight is 430 g/mol. The maximum absolute atomic E-state index is 13.4. The molecule has 0 fully saturated rings. The first kappa shape index (κ1) is 23.1. The Morgan fingerprint density at radius 3 is 2.39 bits per heavy atom. The van der Waals surface area contributed by atoms with Gasteiger partial charge in [0.25, 0.3) is 0 Å². The second-order valence-electron chi connectivity index (χ2n) is 8.80. The van der Waals surface area contributed by atoms with Crippen LogP contribution in [0.4, 0.5) is 4.39 Å². The number of rotatable bonds is 8. The van der Waals surface area contributed by atoms with Crippen molar-refractivity contribution in [3.63, 3.8) is 0 Å². The molecule has 0 bridgehead atoms. The summed E-state index contributed by atoms with van der Waals surface area (Å²) in [5, 5.41) is 3.22. The second-order valence-corrected chi connectivity index (χ2v) is 8.80. The molecule has 3 atom stereocenters. The van der Waals surface area contributed by atoms with Crippen LogP contribution in [0.3, 0.4) is 0 Å². The number of halogens is 1. The van der Waals surface area contributed by atoms with E-state index >= 15 is 0 Å². The van der Waals surface area contributed by atoms with Gasteiger partial charge in [0, 0.05) is 24.0 Å². The minimum Gasteiger partial charge on any atom is -0.493 e. The molecule has 0 radical (unpaired) electrons. The molecule has 1 aliphatic heterocycles. The lowest BCUT2D eigenvalue weighted by molar-refractivity contribution is -0.948. The molecule has 2 aromatic carbocycles. The van der Waals surface area contributed by atoms with Gasteiger partial charge >= 0.3 is 0 Å². The highest BCUT2D eigenvalue weighted by atomic mass is 19.1. The van der Waals surface area contributed by atoms with Gasteiger partial charge in [0.2, 0.25) is 5.91 Å². The number of benzene rings is 2. The minimum atomic E-state index is -0.231. The van der Waals surface area contributed by atoms with Crippen LogP contribution in [0.15, 0.2) is 36.4 Å². The maximum Gasteiger partial charge on any atom is 0.220 e. The fourth-order valence-corrected chi connectivity index (χ4v) is 4.57. The molecule has 0 spiro atoms. The highest BCUT2D eigenvalue weighted by molar-refractivity contribution is 5.76. The average Bonchev–Trinajstić information content (AvgIpc) is 2.73. The predicted molar refractivity (Wildman–Crippen MR) is 119 cm³/mol. The number of methoxy groups -OCH3 is 2. The highest BCUT2D eigenvalue weighted by Gasteiger charge is 2.37. The van der Waals surface area contributed by atoms with E-state index in [2.05, 4.69) is 18.3 Å². The Balaban J connectivity index is 1.95. The topological polar surface area (TPSA) is 52.0 Å². The molecular formula is C25H34FN2O3+. The SMILES string of the molecule is COc1cc2c(cc1OC)[C@H]([C@H](C)NC(=O)CC(C)C)[NH+](Cc1ccc(F)cc1)CC2. The van der Waals surface area contributed by atoms with Gasteiger partial charge in [-0.25, -0.2) is 4.39 Å². The lowest BCUT2D eigenvalue weighted by Crippen LogP contribution is -3.13. The van der Waals surface area contributed by atoms with Gasteiger partial charge in [0.15, 0.2) is 11.5 Å². The van der Waals surface area contributed by atoms with Crippen LogP contribution in [0.25, 0.3) is 0 Å². The van der Waals surface area contributed by atoms with E-state index in [0.29, 0.717) is 18.1 Å². The minimum absolute atomic E-state index is 0.0460. The number of carbonyl (C=O) groups excluding carboxylic acids is 1. The number of quaternary nitrogens is 1. The molecule has 2 N–H and O–H groups in total. The zero-order valence-electron chi connectivity index (χ0n) is 19.1. The number of carbonyl (C=O) groups is 1. The van der Waals surface area contributed by atoms with Gasteiger partial charge in [0.1, 0.15) is 18.4 Å². The van der Waals surface area contributed by atoms with Crippen molar-refractivity contribution in [1.29, 1.82) is 0 Å². The third-order valence-corrected chi connectivity index (χ3v) is 5.96. The standard InChI is InChI=1S/C25H33FN2O3/c1-16(2)12-24(29)27-17(3)25-21-14-23(31-5)22(30-4)13-19(21)10-11-28(25)15-18-6-8-20(26)9-7-18/h6-9,13-14,16-17,25H,10-12,15H2,1-5H3,(H,27,29)/p+1/t17-,25-/m0/s1. The molecule has 0 saturated heterocycles. The third-order valence-electron chi connectivity index (χ3n) is 5.96. The van der Waals surface area contributed by atoms with E-state index in [0.717, 1.165) is 30.8 Å². The Kier molecular flexibility index (Phi) is 7.55. The zero-order valence-corrected chi connectivity index (χ0v) is 19.1. The summed E-state index contributed by atoms with van der Waals surface area (Å²) in [6, 6.07) is 10.8. The quantitative estimate of drug-likeness (QED) is 0.678. The summed E-state index contributed by atoms with van der Waals surface area (Å²) < 4.78 is 24.5. The molecular weight excluding hydrogens is 395 g/mol. The second kappa shape index (κ2) is 10.1. The molecule has 2 aromatic rings. The summed E-state index contributed by atoms with van der Waals surface area (Å²) in [6.45, 7) is 7.82. The summed E-state index contributed by atoms with van der Waals surface area (Å²) >= 11 is 0. The van der Waals surface area contributed by atoms with Crippen LogP contribution in [0.5, 0.6) is 11.5 Å². The molecule has 3 rings (SSSR count). The van der Waals surface area contributed by atoms with Crippen molar-refractivity contribution >= 4 is 5.91 Å². The molecule has 6 heteroatoms. The molecule has 0 saturated carbocycles. The Labute approximate surface area is 184 Å². The van der Waals surface area contributed by atoms with Gasteiger partial charge in [-0.3, -0.25) is 4.79 Å². The summed E-state index contributed by atoms with van der Waals surface area (Å²) in [4.78, 5) is 13.9. The first-order valence-corrected chi connectivity index (χ1v) is 11.0. The van der Waals surface area contributed by atoms with Gasteiger partial charge in [-0.2, -0.15) is 0 Å². The van der Waals surface area contributed by atoms with E-state index in [1.54, 1.807) is 14.2 Å². The summed E-state index contributed by atoms with van der Waals surface area (Å²) in [5.41, 5.74) is 3.46. The van der Waals surface area contributed by atoms with Gasteiger partial charge in [-0.1, -0.05) is 26.0 Å². The van der Waals surface area contributed by atoms with Crippen molar-refractivity contribution < 1.29 is 23.6 Å². The molecule has 1 amide bonds. The van der Waals surface area contributed by atoms with Crippen LogP contribution in [-0.2, 0) is 17.8 Å². The molecule has 31 heavy (non-hydrogen) atoms. The van der Waals surface area contributed by atoms with Crippen molar-refractivity contribution in [3.8, 4) is 11.5 Å². The largest absolute Gasteiger partial charge is 0.493 e. The van der Waals surface area contributed by atoms with Crippen LogP contribution in [0.1, 0.15) is 49.9 Å². The normalized spacial score (nSPS) is 18.9. The van der Waals surface area contributed by atoms with Crippen molar-refractivity contribution in [2.45, 2.75) is 52.2 Å². The van der Waals surface area contributed by atoms with Gasteiger partial charge < -0.3 is 19.7 Å². The molecule has 1 heterocycles. The Bertz CT molecular complexity index is 898. The zero-order chi connectivity index (χ0) is 22.5. The molecule has 0 aromatic heterocycles. The number of hydrogen-bond acceptors (Lipinski definition) is 3. The lowest BCUT2D eigenvalue weighted by Gasteiger charge is -2.38. The van der Waals surface area contributed by atoms with Crippen LogP contribution < -0.4 is 19.7 Å². The number of hydrogen-bond donors (Lipinski definition) is 2. The van der Waals surface area contributed by atoms with Crippen molar-refractivity contribution in [1.82, 2.24) is 5.32 Å². The van der Waals surface area contributed by atoms with E-state index in [9.17, 15) is 9.18 Å². The molecule has 5 nitrogen and oxygen atoms in total. The smallest absolute Gasteiger partial charge is 0.220 e. The van der Waals surface area contributed by atoms with Crippen molar-refractivity contribution in [3.05, 3.63) is 58.9 Å². The lowest BCUT2D eigenvalue weighted by atomic mass is 9.87. The van der Waals surface area contributed by atoms with Gasteiger partial charge in [0.05, 0.1) is 26.8 Å². The maximum atomic E-state index is 13.4. The summed E-state index contributed by atoms with van der Waals surface area (Å²) in [5.74, 6) is 1.55. The van der Waals surface area contributed by atoms with Gasteiger partial charge in [-0.15, -0.1) is 0 Å². The monoisotopic (exact) mass is 429 g/mol. The summed E-state index contributed by atoms with van der Waals surface area (Å²) in [6.07, 6.45) is 1.40. The van der Waals surface area contributed by atoms with E-state index in [-0.39, 0.29) is 23.8 Å². The Morgan fingerprint density at radius 1 is 1.13 bits per heavy atom. The number of ether oxygens (including phenoxy) is 2. The van der Waals surface area contributed by atoms with Crippen LogP contribution in [-0.4, -0.2) is 32.7 Å². The highest BCUT2D eigenvalue weighted by Crippen LogP contribution is 2.35. The molecule has 1 unspecified atom stereocenters.